The lowest BCUT2D eigenvalue weighted by Crippen LogP contribution is -2.42. The summed E-state index contributed by atoms with van der Waals surface area (Å²) in [6.07, 6.45) is 8.36. The molecule has 1 aliphatic heterocycles. The van der Waals surface area contributed by atoms with Crippen LogP contribution in [0.3, 0.4) is 0 Å². The first-order valence-corrected chi connectivity index (χ1v) is 10.1. The van der Waals surface area contributed by atoms with Crippen LogP contribution in [0.2, 0.25) is 0 Å². The second kappa shape index (κ2) is 7.67. The third kappa shape index (κ3) is 3.92. The molecule has 1 amide bonds. The van der Waals surface area contributed by atoms with Crippen molar-refractivity contribution in [3.05, 3.63) is 65.3 Å². The van der Waals surface area contributed by atoms with Crippen LogP contribution in [-0.2, 0) is 15.1 Å². The lowest BCUT2D eigenvalue weighted by atomic mass is 9.77. The molecular formula is C23H24F3N3O2. The van der Waals surface area contributed by atoms with Crippen LogP contribution in [0.15, 0.2) is 59.1 Å². The molecule has 1 aromatic carbocycles. The van der Waals surface area contributed by atoms with Crippen LogP contribution in [0.4, 0.5) is 13.2 Å². The third-order valence-electron chi connectivity index (χ3n) is 5.92. The highest BCUT2D eigenvalue weighted by molar-refractivity contribution is 6.09. The second-order valence-electron chi connectivity index (χ2n) is 8.37. The summed E-state index contributed by atoms with van der Waals surface area (Å²) in [5.41, 5.74) is 4.53. The minimum absolute atomic E-state index is 0.0239. The number of guanidine groups is 1. The number of amides is 1. The predicted molar refractivity (Wildman–Crippen MR) is 112 cm³/mol. The smallest absolute Gasteiger partial charge is 0.346 e. The number of alkyl halides is 2. The normalized spacial score (nSPS) is 28.9. The van der Waals surface area contributed by atoms with E-state index in [-0.39, 0.29) is 24.1 Å². The maximum absolute atomic E-state index is 14.7. The number of ether oxygens (including phenoxy) is 1. The van der Waals surface area contributed by atoms with Crippen LogP contribution in [-0.4, -0.2) is 36.0 Å². The first-order valence-electron chi connectivity index (χ1n) is 10.1. The molecule has 2 atom stereocenters. The Morgan fingerprint density at radius 2 is 2.13 bits per heavy atom. The number of nitrogens with zero attached hydrogens (tertiary/aromatic N) is 2. The summed E-state index contributed by atoms with van der Waals surface area (Å²) >= 11 is 0. The van der Waals surface area contributed by atoms with Gasteiger partial charge in [-0.2, -0.15) is 8.78 Å². The molecule has 1 saturated carbocycles. The topological polar surface area (TPSA) is 67.9 Å². The summed E-state index contributed by atoms with van der Waals surface area (Å²) in [5.74, 6) is -0.470. The van der Waals surface area contributed by atoms with E-state index in [9.17, 15) is 18.0 Å². The Kier molecular flexibility index (Phi) is 5.29. The number of aliphatic imine (C=N–C) groups is 1. The van der Waals surface area contributed by atoms with E-state index >= 15 is 0 Å². The highest BCUT2D eigenvalue weighted by Crippen LogP contribution is 2.44. The van der Waals surface area contributed by atoms with E-state index in [1.54, 1.807) is 42.5 Å². The van der Waals surface area contributed by atoms with Gasteiger partial charge in [-0.15, -0.1) is 0 Å². The van der Waals surface area contributed by atoms with Crippen molar-refractivity contribution in [1.82, 2.24) is 4.90 Å². The zero-order valence-electron chi connectivity index (χ0n) is 17.3. The molecule has 0 saturated heterocycles. The van der Waals surface area contributed by atoms with Gasteiger partial charge in [-0.1, -0.05) is 36.4 Å². The second-order valence-corrected chi connectivity index (χ2v) is 8.37. The number of likely N-dealkylation sites (N-methyl/N-ethyl adjacent to an activating group) is 1. The Labute approximate surface area is 178 Å². The van der Waals surface area contributed by atoms with Gasteiger partial charge >= 0.3 is 6.61 Å². The number of nitrogens with two attached hydrogens (primary N) is 1. The monoisotopic (exact) mass is 431 g/mol. The Morgan fingerprint density at radius 1 is 1.39 bits per heavy atom. The molecule has 0 spiro atoms. The fourth-order valence-corrected chi connectivity index (χ4v) is 3.92. The number of benzene rings is 1. The van der Waals surface area contributed by atoms with E-state index in [1.165, 1.54) is 24.9 Å². The molecule has 4 rings (SSSR count). The van der Waals surface area contributed by atoms with Crippen LogP contribution < -0.4 is 5.73 Å². The molecule has 1 fully saturated rings. The Balaban J connectivity index is 1.77. The van der Waals surface area contributed by atoms with Crippen LogP contribution >= 0.6 is 0 Å². The highest BCUT2D eigenvalue weighted by atomic mass is 19.3. The van der Waals surface area contributed by atoms with Gasteiger partial charge in [0, 0.05) is 12.6 Å². The van der Waals surface area contributed by atoms with Gasteiger partial charge in [-0.3, -0.25) is 9.69 Å². The first kappa shape index (κ1) is 21.4. The first-order chi connectivity index (χ1) is 14.6. The molecule has 2 N–H and O–H groups in total. The number of carbonyl (C=O) groups is 1. The number of allylic oxidation sites excluding steroid dienone is 1. The zero-order valence-corrected chi connectivity index (χ0v) is 17.3. The minimum atomic E-state index is -2.93. The molecule has 164 valence electrons. The fraction of sp³-hybridized carbons (Fsp3) is 0.391. The average Bonchev–Trinajstić information content (AvgIpc) is 3.51. The Bertz CT molecular complexity index is 1030. The highest BCUT2D eigenvalue weighted by Gasteiger charge is 2.51. The lowest BCUT2D eigenvalue weighted by Gasteiger charge is -2.33. The summed E-state index contributed by atoms with van der Waals surface area (Å²) in [6.45, 7) is -1.39. The molecule has 2 unspecified atom stereocenters. The largest absolute Gasteiger partial charge is 0.369 e. The van der Waals surface area contributed by atoms with Crippen molar-refractivity contribution in [2.75, 3.05) is 7.05 Å². The fourth-order valence-electron chi connectivity index (χ4n) is 3.92. The number of halogens is 3. The van der Waals surface area contributed by atoms with Crippen LogP contribution in [0.5, 0.6) is 0 Å². The van der Waals surface area contributed by atoms with Gasteiger partial charge in [0.2, 0.25) is 0 Å². The van der Waals surface area contributed by atoms with E-state index in [0.717, 1.165) is 12.8 Å². The molecule has 1 aromatic rings. The van der Waals surface area contributed by atoms with Gasteiger partial charge in [0.1, 0.15) is 5.83 Å². The van der Waals surface area contributed by atoms with Crippen molar-refractivity contribution in [3.8, 4) is 0 Å². The van der Waals surface area contributed by atoms with Crippen LogP contribution in [0.1, 0.15) is 37.3 Å². The molecular weight excluding hydrogens is 407 g/mol. The van der Waals surface area contributed by atoms with Gasteiger partial charge < -0.3 is 10.5 Å². The molecule has 8 heteroatoms. The minimum Gasteiger partial charge on any atom is -0.369 e. The van der Waals surface area contributed by atoms with Gasteiger partial charge in [0.15, 0.2) is 11.5 Å². The van der Waals surface area contributed by atoms with E-state index in [2.05, 4.69) is 4.99 Å². The van der Waals surface area contributed by atoms with Crippen molar-refractivity contribution in [3.63, 3.8) is 0 Å². The van der Waals surface area contributed by atoms with Crippen LogP contribution in [0.25, 0.3) is 5.83 Å². The number of rotatable bonds is 6. The summed E-state index contributed by atoms with van der Waals surface area (Å²) in [7, 11) is 1.51. The van der Waals surface area contributed by atoms with Gasteiger partial charge in [-0.25, -0.2) is 9.38 Å². The third-order valence-corrected chi connectivity index (χ3v) is 5.92. The van der Waals surface area contributed by atoms with E-state index in [4.69, 9.17) is 10.5 Å². The summed E-state index contributed by atoms with van der Waals surface area (Å²) < 4.78 is 45.0. The van der Waals surface area contributed by atoms with Crippen molar-refractivity contribution >= 4 is 17.7 Å². The number of carbonyl (C=O) groups excluding carboxylic acids is 1. The van der Waals surface area contributed by atoms with Crippen molar-refractivity contribution in [2.45, 2.75) is 43.9 Å². The summed E-state index contributed by atoms with van der Waals surface area (Å²) in [5, 5.41) is 0. The molecule has 0 radical (unpaired) electrons. The molecule has 5 nitrogen and oxygen atoms in total. The average molecular weight is 431 g/mol. The molecule has 3 aliphatic rings. The molecule has 1 heterocycles. The lowest BCUT2D eigenvalue weighted by molar-refractivity contribution is -0.185. The SMILES string of the molecule is CN1C(=O)C(C2=CCC(C)(OC(F)F)C=C2)(c2cccc(/C(F)=C\C3CC3)c2)N=C1N. The zero-order chi connectivity index (χ0) is 22.4. The molecule has 31 heavy (non-hydrogen) atoms. The maximum Gasteiger partial charge on any atom is 0.346 e. The quantitative estimate of drug-likeness (QED) is 0.731. The Hall–Kier alpha value is -2.87. The molecule has 0 aromatic heterocycles. The van der Waals surface area contributed by atoms with E-state index in [1.807, 2.05) is 0 Å². The van der Waals surface area contributed by atoms with Crippen molar-refractivity contribution < 1.29 is 22.7 Å². The Morgan fingerprint density at radius 3 is 2.68 bits per heavy atom. The standard InChI is InChI=1S/C23H24F3N3O2/c1-22(31-20(25)26)10-8-16(9-11-22)23(19(30)29(2)21(27)28-23)17-5-3-4-15(13-17)18(24)12-14-6-7-14/h3-5,8-10,12-14,20H,6-7,11H2,1-2H3,(H2,27,28)/b18-12+. The predicted octanol–water partition coefficient (Wildman–Crippen LogP) is 4.27. The van der Waals surface area contributed by atoms with Crippen LogP contribution in [0, 0.1) is 5.92 Å². The molecule has 0 bridgehead atoms. The van der Waals surface area contributed by atoms with Gasteiger partial charge in [-0.05, 0) is 55.4 Å². The van der Waals surface area contributed by atoms with Crippen molar-refractivity contribution in [2.24, 2.45) is 16.6 Å². The summed E-state index contributed by atoms with van der Waals surface area (Å²) in [6, 6.07) is 6.60. The molecule has 2 aliphatic carbocycles. The van der Waals surface area contributed by atoms with Crippen molar-refractivity contribution in [1.29, 1.82) is 0 Å². The number of hydrogen-bond acceptors (Lipinski definition) is 4. The van der Waals surface area contributed by atoms with Gasteiger partial charge in [0.25, 0.3) is 5.91 Å². The number of hydrogen-bond donors (Lipinski definition) is 1. The summed E-state index contributed by atoms with van der Waals surface area (Å²) in [4.78, 5) is 19.1. The maximum atomic E-state index is 14.7. The van der Waals surface area contributed by atoms with Gasteiger partial charge in [0.05, 0.1) is 5.60 Å². The van der Waals surface area contributed by atoms with E-state index < -0.39 is 23.7 Å². The van der Waals surface area contributed by atoms with E-state index in [0.29, 0.717) is 16.7 Å².